The van der Waals surface area contributed by atoms with E-state index in [0.717, 1.165) is 30.0 Å². The van der Waals surface area contributed by atoms with Gasteiger partial charge < -0.3 is 25.2 Å². The molecular formula is C14H24N2O3. The predicted octanol–water partition coefficient (Wildman–Crippen LogP) is 0.498. The van der Waals surface area contributed by atoms with E-state index in [1.807, 2.05) is 25.2 Å². The average Bonchev–Trinajstić information content (AvgIpc) is 2.44. The van der Waals surface area contributed by atoms with Crippen molar-refractivity contribution in [2.45, 2.75) is 12.5 Å². The smallest absolute Gasteiger partial charge is 0.122 e. The molecule has 0 radical (unpaired) electrons. The van der Waals surface area contributed by atoms with Crippen molar-refractivity contribution in [3.05, 3.63) is 23.8 Å². The molecule has 1 unspecified atom stereocenters. The molecule has 0 fully saturated rings. The first kappa shape index (κ1) is 15.8. The van der Waals surface area contributed by atoms with Crippen molar-refractivity contribution < 1.29 is 14.6 Å². The fraction of sp³-hybridized carbons (Fsp3) is 0.571. The molecule has 0 saturated carbocycles. The Bertz CT molecular complexity index is 385. The van der Waals surface area contributed by atoms with Crippen LogP contribution in [0.3, 0.4) is 0 Å². The molecule has 0 aromatic heterocycles. The molecule has 3 N–H and O–H groups in total. The summed E-state index contributed by atoms with van der Waals surface area (Å²) in [7, 11) is 5.27. The lowest BCUT2D eigenvalue weighted by Gasteiger charge is -2.20. The highest BCUT2D eigenvalue weighted by atomic mass is 16.5. The summed E-state index contributed by atoms with van der Waals surface area (Å²) < 4.78 is 10.6. The van der Waals surface area contributed by atoms with Gasteiger partial charge in [0.15, 0.2) is 0 Å². The quantitative estimate of drug-likeness (QED) is 0.718. The number of nitrogens with zero attached hydrogens (tertiary/aromatic N) is 1. The number of methoxy groups -OCH3 is 2. The monoisotopic (exact) mass is 268 g/mol. The lowest BCUT2D eigenvalue weighted by atomic mass is 10.1. The normalized spacial score (nSPS) is 12.5. The number of likely N-dealkylation sites (N-methyl/N-ethyl adjacent to an activating group) is 1. The molecule has 0 spiro atoms. The van der Waals surface area contributed by atoms with Crippen molar-refractivity contribution in [2.75, 3.05) is 40.9 Å². The highest BCUT2D eigenvalue weighted by Gasteiger charge is 2.09. The number of hydrogen-bond donors (Lipinski definition) is 2. The molecule has 1 aromatic carbocycles. The van der Waals surface area contributed by atoms with Crippen LogP contribution in [0.2, 0.25) is 0 Å². The van der Waals surface area contributed by atoms with Crippen LogP contribution in [0.5, 0.6) is 11.5 Å². The van der Waals surface area contributed by atoms with Crippen LogP contribution in [0, 0.1) is 0 Å². The van der Waals surface area contributed by atoms with Crippen molar-refractivity contribution >= 4 is 0 Å². The Morgan fingerprint density at radius 1 is 1.32 bits per heavy atom. The van der Waals surface area contributed by atoms with E-state index in [-0.39, 0.29) is 6.54 Å². The van der Waals surface area contributed by atoms with E-state index in [0.29, 0.717) is 6.54 Å². The van der Waals surface area contributed by atoms with E-state index in [1.54, 1.807) is 14.2 Å². The number of benzene rings is 1. The van der Waals surface area contributed by atoms with Gasteiger partial charge in [0.1, 0.15) is 11.5 Å². The van der Waals surface area contributed by atoms with Gasteiger partial charge in [-0.3, -0.25) is 0 Å². The molecule has 1 aromatic rings. The molecule has 5 heteroatoms. The van der Waals surface area contributed by atoms with E-state index in [4.69, 9.17) is 15.2 Å². The first-order chi connectivity index (χ1) is 9.10. The van der Waals surface area contributed by atoms with Crippen molar-refractivity contribution in [3.63, 3.8) is 0 Å². The minimum Gasteiger partial charge on any atom is -0.497 e. The van der Waals surface area contributed by atoms with Crippen LogP contribution >= 0.6 is 0 Å². The van der Waals surface area contributed by atoms with Crippen LogP contribution in [0.1, 0.15) is 5.56 Å². The summed E-state index contributed by atoms with van der Waals surface area (Å²) in [5, 5.41) is 9.50. The van der Waals surface area contributed by atoms with Gasteiger partial charge in [0.05, 0.1) is 20.3 Å². The van der Waals surface area contributed by atoms with Crippen LogP contribution in [0.25, 0.3) is 0 Å². The van der Waals surface area contributed by atoms with Gasteiger partial charge in [-0.15, -0.1) is 0 Å². The second-order valence-corrected chi connectivity index (χ2v) is 4.58. The maximum absolute atomic E-state index is 9.50. The number of ether oxygens (including phenoxy) is 2. The van der Waals surface area contributed by atoms with Crippen LogP contribution < -0.4 is 15.2 Å². The Hall–Kier alpha value is -1.30. The first-order valence-electron chi connectivity index (χ1n) is 6.38. The highest BCUT2D eigenvalue weighted by molar-refractivity contribution is 5.40. The lowest BCUT2D eigenvalue weighted by molar-refractivity contribution is 0.133. The maximum atomic E-state index is 9.50. The van der Waals surface area contributed by atoms with Gasteiger partial charge in [-0.05, 0) is 37.2 Å². The fourth-order valence-corrected chi connectivity index (χ4v) is 1.91. The number of aliphatic hydroxyl groups excluding tert-OH is 1. The zero-order valence-electron chi connectivity index (χ0n) is 11.9. The van der Waals surface area contributed by atoms with Crippen molar-refractivity contribution in [1.82, 2.24) is 4.90 Å². The first-order valence-corrected chi connectivity index (χ1v) is 6.38. The molecule has 0 aliphatic rings. The number of hydrogen-bond acceptors (Lipinski definition) is 5. The molecule has 0 aliphatic heterocycles. The maximum Gasteiger partial charge on any atom is 0.122 e. The minimum absolute atomic E-state index is 0.285. The second-order valence-electron chi connectivity index (χ2n) is 4.58. The summed E-state index contributed by atoms with van der Waals surface area (Å²) in [5.41, 5.74) is 6.49. The third kappa shape index (κ3) is 5.06. The molecule has 0 aliphatic carbocycles. The van der Waals surface area contributed by atoms with E-state index in [1.165, 1.54) is 0 Å². The predicted molar refractivity (Wildman–Crippen MR) is 75.8 cm³/mol. The second kappa shape index (κ2) is 7.99. The topological polar surface area (TPSA) is 68.0 Å². The van der Waals surface area contributed by atoms with Gasteiger partial charge in [0.2, 0.25) is 0 Å². The van der Waals surface area contributed by atoms with Crippen LogP contribution in [0.15, 0.2) is 18.2 Å². The molecule has 0 amide bonds. The van der Waals surface area contributed by atoms with Gasteiger partial charge in [-0.1, -0.05) is 0 Å². The molecule has 0 bridgehead atoms. The third-order valence-electron chi connectivity index (χ3n) is 3.04. The summed E-state index contributed by atoms with van der Waals surface area (Å²) in [6.07, 6.45) is 0.353. The van der Waals surface area contributed by atoms with Gasteiger partial charge in [0.25, 0.3) is 0 Å². The van der Waals surface area contributed by atoms with E-state index in [2.05, 4.69) is 4.90 Å². The third-order valence-corrected chi connectivity index (χ3v) is 3.04. The Kier molecular flexibility index (Phi) is 6.62. The molecule has 1 rings (SSSR count). The van der Waals surface area contributed by atoms with E-state index in [9.17, 15) is 5.11 Å². The molecular weight excluding hydrogens is 244 g/mol. The summed E-state index contributed by atoms with van der Waals surface area (Å²) >= 11 is 0. The molecule has 19 heavy (non-hydrogen) atoms. The lowest BCUT2D eigenvalue weighted by Crippen LogP contribution is -2.35. The molecule has 5 nitrogen and oxygen atoms in total. The average molecular weight is 268 g/mol. The van der Waals surface area contributed by atoms with E-state index >= 15 is 0 Å². The van der Waals surface area contributed by atoms with Crippen molar-refractivity contribution in [1.29, 1.82) is 0 Å². The van der Waals surface area contributed by atoms with Gasteiger partial charge in [0, 0.05) is 19.6 Å². The zero-order chi connectivity index (χ0) is 14.3. The standard InChI is InChI=1S/C14H24N2O3/c1-16(10-12(17)9-15)7-6-11-8-13(18-2)4-5-14(11)19-3/h4-5,8,12,17H,6-7,9-10,15H2,1-3H3. The fourth-order valence-electron chi connectivity index (χ4n) is 1.91. The van der Waals surface area contributed by atoms with Gasteiger partial charge in [-0.2, -0.15) is 0 Å². The zero-order valence-corrected chi connectivity index (χ0v) is 11.9. The van der Waals surface area contributed by atoms with Crippen molar-refractivity contribution in [3.8, 4) is 11.5 Å². The Morgan fingerprint density at radius 3 is 2.63 bits per heavy atom. The largest absolute Gasteiger partial charge is 0.497 e. The van der Waals surface area contributed by atoms with Gasteiger partial charge in [-0.25, -0.2) is 0 Å². The summed E-state index contributed by atoms with van der Waals surface area (Å²) in [6.45, 7) is 1.68. The number of rotatable bonds is 8. The molecule has 108 valence electrons. The molecule has 0 heterocycles. The SMILES string of the molecule is COc1ccc(OC)c(CCN(C)CC(O)CN)c1. The summed E-state index contributed by atoms with van der Waals surface area (Å²) in [4.78, 5) is 2.05. The Morgan fingerprint density at radius 2 is 2.05 bits per heavy atom. The summed E-state index contributed by atoms with van der Waals surface area (Å²) in [5.74, 6) is 1.68. The van der Waals surface area contributed by atoms with Crippen LogP contribution in [0.4, 0.5) is 0 Å². The van der Waals surface area contributed by atoms with Crippen LogP contribution in [-0.2, 0) is 6.42 Å². The molecule has 1 atom stereocenters. The van der Waals surface area contributed by atoms with Gasteiger partial charge >= 0.3 is 0 Å². The Labute approximate surface area is 114 Å². The summed E-state index contributed by atoms with van der Waals surface area (Å²) in [6, 6.07) is 5.76. The number of aliphatic hydroxyl groups is 1. The Balaban J connectivity index is 2.60. The minimum atomic E-state index is -0.475. The highest BCUT2D eigenvalue weighted by Crippen LogP contribution is 2.24. The number of nitrogens with two attached hydrogens (primary N) is 1. The molecule has 0 saturated heterocycles. The van der Waals surface area contributed by atoms with Crippen molar-refractivity contribution in [2.24, 2.45) is 5.73 Å². The van der Waals surface area contributed by atoms with E-state index < -0.39 is 6.10 Å². The van der Waals surface area contributed by atoms with Crippen LogP contribution in [-0.4, -0.2) is 57.0 Å².